The number of sulfonamides is 1. The van der Waals surface area contributed by atoms with E-state index in [1.54, 1.807) is 12.1 Å². The first-order chi connectivity index (χ1) is 6.92. The van der Waals surface area contributed by atoms with Crippen LogP contribution in [0.2, 0.25) is 0 Å². The Hall–Kier alpha value is -0.460. The van der Waals surface area contributed by atoms with Crippen molar-refractivity contribution in [3.05, 3.63) is 28.7 Å². The van der Waals surface area contributed by atoms with Crippen molar-refractivity contribution in [2.75, 3.05) is 6.54 Å². The maximum absolute atomic E-state index is 12.5. The highest BCUT2D eigenvalue weighted by Crippen LogP contribution is 2.14. The topological polar surface area (TPSA) is 46.2 Å². The summed E-state index contributed by atoms with van der Waals surface area (Å²) < 4.78 is 38.6. The van der Waals surface area contributed by atoms with Gasteiger partial charge in [-0.25, -0.2) is 17.5 Å². The fourth-order valence-electron chi connectivity index (χ4n) is 0.922. The molecule has 0 saturated carbocycles. The minimum atomic E-state index is -3.58. The van der Waals surface area contributed by atoms with Crippen LogP contribution in [0.4, 0.5) is 4.39 Å². The summed E-state index contributed by atoms with van der Waals surface area (Å²) in [7, 11) is -3.58. The van der Waals surface area contributed by atoms with E-state index >= 15 is 0 Å². The van der Waals surface area contributed by atoms with Crippen molar-refractivity contribution >= 4 is 26.0 Å². The Balaban J connectivity index is 2.82. The Bertz CT molecular complexity index is 416. The monoisotopic (exact) mass is 295 g/mol. The number of hydrogen-bond donors (Lipinski definition) is 1. The van der Waals surface area contributed by atoms with Gasteiger partial charge < -0.3 is 0 Å². The molecule has 15 heavy (non-hydrogen) atoms. The summed E-state index contributed by atoms with van der Waals surface area (Å²) in [5, 5.41) is 0. The van der Waals surface area contributed by atoms with E-state index in [-0.39, 0.29) is 11.4 Å². The molecule has 0 radical (unpaired) electrons. The molecule has 0 saturated heterocycles. The zero-order valence-electron chi connectivity index (χ0n) is 8.07. The van der Waals surface area contributed by atoms with E-state index in [1.807, 2.05) is 0 Å². The number of benzene rings is 1. The molecule has 0 heterocycles. The van der Waals surface area contributed by atoms with Crippen LogP contribution in [-0.2, 0) is 10.0 Å². The minimum Gasteiger partial charge on any atom is -0.246 e. The SMILES string of the molecule is CC(F)CNS(=O)(=O)c1ccc(Br)cc1. The van der Waals surface area contributed by atoms with Crippen molar-refractivity contribution < 1.29 is 12.8 Å². The predicted octanol–water partition coefficient (Wildman–Crippen LogP) is 2.09. The second kappa shape index (κ2) is 5.05. The van der Waals surface area contributed by atoms with Gasteiger partial charge in [0.1, 0.15) is 6.17 Å². The van der Waals surface area contributed by atoms with Crippen molar-refractivity contribution in [3.63, 3.8) is 0 Å². The first-order valence-corrected chi connectivity index (χ1v) is 6.59. The molecular weight excluding hydrogens is 285 g/mol. The Kier molecular flexibility index (Phi) is 4.24. The summed E-state index contributed by atoms with van der Waals surface area (Å²) in [5.41, 5.74) is 0. The highest BCUT2D eigenvalue weighted by atomic mass is 79.9. The molecule has 1 aromatic carbocycles. The van der Waals surface area contributed by atoms with Crippen molar-refractivity contribution in [1.82, 2.24) is 4.72 Å². The van der Waals surface area contributed by atoms with Crippen molar-refractivity contribution in [2.24, 2.45) is 0 Å². The highest BCUT2D eigenvalue weighted by molar-refractivity contribution is 9.10. The Morgan fingerprint density at radius 1 is 1.40 bits per heavy atom. The molecule has 1 atom stereocenters. The first kappa shape index (κ1) is 12.6. The van der Waals surface area contributed by atoms with Gasteiger partial charge in [-0.1, -0.05) is 15.9 Å². The normalized spacial score (nSPS) is 13.8. The van der Waals surface area contributed by atoms with E-state index in [0.29, 0.717) is 0 Å². The van der Waals surface area contributed by atoms with Gasteiger partial charge in [0.05, 0.1) is 4.90 Å². The number of nitrogens with one attached hydrogen (secondary N) is 1. The fraction of sp³-hybridized carbons (Fsp3) is 0.333. The zero-order chi connectivity index (χ0) is 11.5. The third-order valence-corrected chi connectivity index (χ3v) is 3.65. The van der Waals surface area contributed by atoms with E-state index in [0.717, 1.165) is 4.47 Å². The van der Waals surface area contributed by atoms with Crippen LogP contribution < -0.4 is 4.72 Å². The Morgan fingerprint density at radius 3 is 2.40 bits per heavy atom. The standard InChI is InChI=1S/C9H11BrFNO2S/c1-7(11)6-12-15(13,14)9-4-2-8(10)3-5-9/h2-5,7,12H,6H2,1H3. The minimum absolute atomic E-state index is 0.131. The number of halogens is 2. The maximum Gasteiger partial charge on any atom is 0.240 e. The zero-order valence-corrected chi connectivity index (χ0v) is 10.5. The summed E-state index contributed by atoms with van der Waals surface area (Å²) in [6.07, 6.45) is -1.20. The van der Waals surface area contributed by atoms with Crippen molar-refractivity contribution in [2.45, 2.75) is 18.0 Å². The first-order valence-electron chi connectivity index (χ1n) is 4.31. The molecular formula is C9H11BrFNO2S. The van der Waals surface area contributed by atoms with E-state index in [4.69, 9.17) is 0 Å². The van der Waals surface area contributed by atoms with Crippen molar-refractivity contribution in [1.29, 1.82) is 0 Å². The van der Waals surface area contributed by atoms with Crippen LogP contribution >= 0.6 is 15.9 Å². The van der Waals surface area contributed by atoms with E-state index in [9.17, 15) is 12.8 Å². The lowest BCUT2D eigenvalue weighted by Crippen LogP contribution is -2.29. The molecule has 0 amide bonds. The third-order valence-electron chi connectivity index (χ3n) is 1.68. The lowest BCUT2D eigenvalue weighted by atomic mass is 10.4. The molecule has 0 spiro atoms. The number of alkyl halides is 1. The third kappa shape index (κ3) is 3.89. The molecule has 1 unspecified atom stereocenters. The molecule has 6 heteroatoms. The van der Waals surface area contributed by atoms with E-state index in [1.165, 1.54) is 19.1 Å². The van der Waals surface area contributed by atoms with Crippen LogP contribution in [0.3, 0.4) is 0 Å². The summed E-state index contributed by atoms with van der Waals surface area (Å²) in [6.45, 7) is 1.09. The van der Waals surface area contributed by atoms with Gasteiger partial charge in [-0.15, -0.1) is 0 Å². The molecule has 84 valence electrons. The van der Waals surface area contributed by atoms with Gasteiger partial charge in [0, 0.05) is 11.0 Å². The molecule has 1 rings (SSSR count). The van der Waals surface area contributed by atoms with Gasteiger partial charge in [0.25, 0.3) is 0 Å². The molecule has 1 N–H and O–H groups in total. The number of rotatable bonds is 4. The summed E-state index contributed by atoms with van der Waals surface area (Å²) in [4.78, 5) is 0.131. The van der Waals surface area contributed by atoms with Gasteiger partial charge in [-0.2, -0.15) is 0 Å². The molecule has 0 aliphatic heterocycles. The Labute approximate surface area is 96.9 Å². The van der Waals surface area contributed by atoms with Crippen LogP contribution in [0.5, 0.6) is 0 Å². The Morgan fingerprint density at radius 2 is 1.93 bits per heavy atom. The smallest absolute Gasteiger partial charge is 0.240 e. The second-order valence-electron chi connectivity index (χ2n) is 3.09. The van der Waals surface area contributed by atoms with E-state index in [2.05, 4.69) is 20.7 Å². The predicted molar refractivity (Wildman–Crippen MR) is 59.9 cm³/mol. The lowest BCUT2D eigenvalue weighted by Gasteiger charge is -2.06. The van der Waals surface area contributed by atoms with Gasteiger partial charge >= 0.3 is 0 Å². The molecule has 0 aliphatic carbocycles. The average Bonchev–Trinajstić information content (AvgIpc) is 2.16. The molecule has 1 aromatic rings. The molecule has 0 bridgehead atoms. The highest BCUT2D eigenvalue weighted by Gasteiger charge is 2.14. The summed E-state index contributed by atoms with van der Waals surface area (Å²) in [5.74, 6) is 0. The van der Waals surface area contributed by atoms with Crippen LogP contribution in [0.15, 0.2) is 33.6 Å². The lowest BCUT2D eigenvalue weighted by molar-refractivity contribution is 0.360. The van der Waals surface area contributed by atoms with Gasteiger partial charge in [0.2, 0.25) is 10.0 Å². The van der Waals surface area contributed by atoms with Crippen LogP contribution in [0.1, 0.15) is 6.92 Å². The van der Waals surface area contributed by atoms with E-state index < -0.39 is 16.2 Å². The molecule has 0 aromatic heterocycles. The largest absolute Gasteiger partial charge is 0.246 e. The second-order valence-corrected chi connectivity index (χ2v) is 5.77. The van der Waals surface area contributed by atoms with Gasteiger partial charge in [-0.05, 0) is 31.2 Å². The molecule has 0 fully saturated rings. The summed E-state index contributed by atoms with van der Waals surface area (Å²) >= 11 is 3.20. The molecule has 0 aliphatic rings. The number of hydrogen-bond acceptors (Lipinski definition) is 2. The average molecular weight is 296 g/mol. The van der Waals surface area contributed by atoms with Crippen LogP contribution in [0, 0.1) is 0 Å². The fourth-order valence-corrected chi connectivity index (χ4v) is 2.30. The molecule has 3 nitrogen and oxygen atoms in total. The van der Waals surface area contributed by atoms with Gasteiger partial charge in [0.15, 0.2) is 0 Å². The van der Waals surface area contributed by atoms with Gasteiger partial charge in [-0.3, -0.25) is 0 Å². The van der Waals surface area contributed by atoms with Crippen LogP contribution in [0.25, 0.3) is 0 Å². The van der Waals surface area contributed by atoms with Crippen LogP contribution in [-0.4, -0.2) is 21.1 Å². The quantitative estimate of drug-likeness (QED) is 0.924. The maximum atomic E-state index is 12.5. The summed E-state index contributed by atoms with van der Waals surface area (Å²) in [6, 6.07) is 6.14. The van der Waals surface area contributed by atoms with Crippen molar-refractivity contribution in [3.8, 4) is 0 Å².